The molecule has 2 rings (SSSR count). The highest BCUT2D eigenvalue weighted by Gasteiger charge is 2.05. The molecule has 20 heavy (non-hydrogen) atoms. The van der Waals surface area contributed by atoms with E-state index in [0.717, 1.165) is 5.75 Å². The van der Waals surface area contributed by atoms with Gasteiger partial charge >= 0.3 is 5.97 Å². The van der Waals surface area contributed by atoms with Crippen molar-refractivity contribution in [3.63, 3.8) is 0 Å². The minimum Gasteiger partial charge on any atom is -0.490 e. The molecule has 2 N–H and O–H groups in total. The molecular formula is C15H16N2O3. The molecule has 0 saturated heterocycles. The van der Waals surface area contributed by atoms with Gasteiger partial charge in [-0.15, -0.1) is 0 Å². The fourth-order valence-corrected chi connectivity index (χ4v) is 1.57. The van der Waals surface area contributed by atoms with Gasteiger partial charge in [-0.2, -0.15) is 0 Å². The Bertz CT molecular complexity index is 541. The van der Waals surface area contributed by atoms with Crippen molar-refractivity contribution in [2.24, 2.45) is 0 Å². The number of pyridine rings is 1. The number of aromatic nitrogens is 1. The van der Waals surface area contributed by atoms with E-state index in [9.17, 15) is 4.79 Å². The third kappa shape index (κ3) is 4.61. The number of carbonyl (C=O) groups is 1. The molecule has 0 spiro atoms. The minimum absolute atomic E-state index is 0.131. The topological polar surface area (TPSA) is 74.4 Å². The van der Waals surface area contributed by atoms with E-state index in [0.29, 0.717) is 18.0 Å². The Morgan fingerprint density at radius 1 is 1.10 bits per heavy atom. The summed E-state index contributed by atoms with van der Waals surface area (Å²) in [6, 6.07) is 12.8. The highest BCUT2D eigenvalue weighted by Crippen LogP contribution is 2.07. The first-order valence-corrected chi connectivity index (χ1v) is 6.28. The third-order valence-electron chi connectivity index (χ3n) is 2.53. The maximum absolute atomic E-state index is 11.6. The Hall–Kier alpha value is -2.56. The van der Waals surface area contributed by atoms with Gasteiger partial charge in [-0.1, -0.05) is 18.2 Å². The number of nitrogen functional groups attached to an aromatic ring is 1. The summed E-state index contributed by atoms with van der Waals surface area (Å²) in [7, 11) is 0. The second-order valence-electron chi connectivity index (χ2n) is 4.14. The van der Waals surface area contributed by atoms with Crippen molar-refractivity contribution in [3.05, 3.63) is 54.4 Å². The van der Waals surface area contributed by atoms with Gasteiger partial charge in [-0.25, -0.2) is 0 Å². The number of para-hydroxylation sites is 1. The fourth-order valence-electron chi connectivity index (χ4n) is 1.57. The zero-order valence-corrected chi connectivity index (χ0v) is 11.0. The highest BCUT2D eigenvalue weighted by atomic mass is 16.6. The van der Waals surface area contributed by atoms with Crippen molar-refractivity contribution in [2.45, 2.75) is 6.42 Å². The lowest BCUT2D eigenvalue weighted by molar-refractivity contribution is -0.143. The van der Waals surface area contributed by atoms with Gasteiger partial charge in [0.15, 0.2) is 0 Å². The molecule has 0 amide bonds. The molecule has 1 heterocycles. The summed E-state index contributed by atoms with van der Waals surface area (Å²) >= 11 is 0. The Labute approximate surface area is 117 Å². The standard InChI is InChI=1S/C15H16N2O3/c16-12-6-7-13(17-11-12)10-15(18)20-9-8-19-14-4-2-1-3-5-14/h1-7,11H,8-10,16H2. The van der Waals surface area contributed by atoms with E-state index in [4.69, 9.17) is 15.2 Å². The minimum atomic E-state index is -0.334. The van der Waals surface area contributed by atoms with Gasteiger partial charge in [0.05, 0.1) is 24.0 Å². The summed E-state index contributed by atoms with van der Waals surface area (Å²) in [4.78, 5) is 15.6. The first kappa shape index (κ1) is 13.9. The average molecular weight is 272 g/mol. The molecule has 0 fully saturated rings. The summed E-state index contributed by atoms with van der Waals surface area (Å²) in [5, 5.41) is 0. The maximum atomic E-state index is 11.6. The van der Waals surface area contributed by atoms with Gasteiger partial charge in [0.1, 0.15) is 19.0 Å². The molecule has 0 bridgehead atoms. The van der Waals surface area contributed by atoms with Crippen LogP contribution in [0.25, 0.3) is 0 Å². The Morgan fingerprint density at radius 3 is 2.60 bits per heavy atom. The molecular weight excluding hydrogens is 256 g/mol. The molecule has 0 unspecified atom stereocenters. The van der Waals surface area contributed by atoms with E-state index in [1.54, 1.807) is 12.1 Å². The van der Waals surface area contributed by atoms with Crippen molar-refractivity contribution < 1.29 is 14.3 Å². The van der Waals surface area contributed by atoms with Crippen molar-refractivity contribution in [3.8, 4) is 5.75 Å². The van der Waals surface area contributed by atoms with Gasteiger partial charge in [-0.05, 0) is 24.3 Å². The molecule has 5 nitrogen and oxygen atoms in total. The molecule has 2 aromatic rings. The number of ether oxygens (including phenoxy) is 2. The lowest BCUT2D eigenvalue weighted by Gasteiger charge is -2.07. The maximum Gasteiger partial charge on any atom is 0.311 e. The Morgan fingerprint density at radius 2 is 1.90 bits per heavy atom. The molecule has 0 radical (unpaired) electrons. The molecule has 1 aromatic carbocycles. The van der Waals surface area contributed by atoms with Crippen LogP contribution in [0.5, 0.6) is 5.75 Å². The number of esters is 1. The van der Waals surface area contributed by atoms with E-state index in [1.807, 2.05) is 30.3 Å². The first-order valence-electron chi connectivity index (χ1n) is 6.28. The van der Waals surface area contributed by atoms with Crippen molar-refractivity contribution in [2.75, 3.05) is 18.9 Å². The first-order chi connectivity index (χ1) is 9.74. The van der Waals surface area contributed by atoms with Crippen LogP contribution in [0.15, 0.2) is 48.7 Å². The van der Waals surface area contributed by atoms with Crippen LogP contribution in [0.3, 0.4) is 0 Å². The van der Waals surface area contributed by atoms with E-state index in [1.165, 1.54) is 6.20 Å². The second kappa shape index (κ2) is 7.13. The lowest BCUT2D eigenvalue weighted by Crippen LogP contribution is -2.14. The monoisotopic (exact) mass is 272 g/mol. The van der Waals surface area contributed by atoms with Crippen LogP contribution in [0.1, 0.15) is 5.69 Å². The summed E-state index contributed by atoms with van der Waals surface area (Å²) in [6.45, 7) is 0.535. The van der Waals surface area contributed by atoms with Gasteiger partial charge in [0.2, 0.25) is 0 Å². The van der Waals surface area contributed by atoms with Crippen LogP contribution in [0.4, 0.5) is 5.69 Å². The molecule has 0 saturated carbocycles. The van der Waals surface area contributed by atoms with Gasteiger partial charge in [0, 0.05) is 0 Å². The average Bonchev–Trinajstić information content (AvgIpc) is 2.47. The lowest BCUT2D eigenvalue weighted by atomic mass is 10.2. The molecule has 0 aliphatic heterocycles. The van der Waals surface area contributed by atoms with Crippen molar-refractivity contribution in [1.82, 2.24) is 4.98 Å². The summed E-state index contributed by atoms with van der Waals surface area (Å²) in [5.41, 5.74) is 6.72. The fraction of sp³-hybridized carbons (Fsp3) is 0.200. The van der Waals surface area contributed by atoms with E-state index in [2.05, 4.69) is 4.98 Å². The quantitative estimate of drug-likeness (QED) is 0.641. The normalized spacial score (nSPS) is 10.0. The SMILES string of the molecule is Nc1ccc(CC(=O)OCCOc2ccccc2)nc1. The number of carbonyl (C=O) groups excluding carboxylic acids is 1. The zero-order valence-electron chi connectivity index (χ0n) is 11.0. The highest BCUT2D eigenvalue weighted by molar-refractivity contribution is 5.72. The number of nitrogens with two attached hydrogens (primary N) is 1. The number of nitrogens with zero attached hydrogens (tertiary/aromatic N) is 1. The van der Waals surface area contributed by atoms with Gasteiger partial charge in [-0.3, -0.25) is 9.78 Å². The van der Waals surface area contributed by atoms with Crippen LogP contribution < -0.4 is 10.5 Å². The van der Waals surface area contributed by atoms with Crippen LogP contribution in [-0.2, 0) is 16.0 Å². The van der Waals surface area contributed by atoms with Crippen LogP contribution >= 0.6 is 0 Å². The predicted molar refractivity (Wildman–Crippen MR) is 75.2 cm³/mol. The summed E-state index contributed by atoms with van der Waals surface area (Å²) in [5.74, 6) is 0.419. The molecule has 1 aromatic heterocycles. The van der Waals surface area contributed by atoms with Crippen LogP contribution in [-0.4, -0.2) is 24.2 Å². The Balaban J connectivity index is 1.66. The van der Waals surface area contributed by atoms with Crippen LogP contribution in [0, 0.1) is 0 Å². The number of anilines is 1. The van der Waals surface area contributed by atoms with E-state index < -0.39 is 0 Å². The number of hydrogen-bond acceptors (Lipinski definition) is 5. The molecule has 104 valence electrons. The van der Waals surface area contributed by atoms with E-state index in [-0.39, 0.29) is 19.0 Å². The smallest absolute Gasteiger partial charge is 0.311 e. The zero-order chi connectivity index (χ0) is 14.2. The van der Waals surface area contributed by atoms with E-state index >= 15 is 0 Å². The van der Waals surface area contributed by atoms with Crippen LogP contribution in [0.2, 0.25) is 0 Å². The van der Waals surface area contributed by atoms with Gasteiger partial charge in [0.25, 0.3) is 0 Å². The number of benzene rings is 1. The second-order valence-corrected chi connectivity index (χ2v) is 4.14. The molecule has 0 aliphatic rings. The number of rotatable bonds is 6. The molecule has 0 aliphatic carbocycles. The Kier molecular flexibility index (Phi) is 4.94. The number of hydrogen-bond donors (Lipinski definition) is 1. The summed E-state index contributed by atoms with van der Waals surface area (Å²) in [6.07, 6.45) is 1.65. The summed E-state index contributed by atoms with van der Waals surface area (Å²) < 4.78 is 10.5. The van der Waals surface area contributed by atoms with Gasteiger partial charge < -0.3 is 15.2 Å². The molecule has 0 atom stereocenters. The van der Waals surface area contributed by atoms with Crippen molar-refractivity contribution in [1.29, 1.82) is 0 Å². The third-order valence-corrected chi connectivity index (χ3v) is 2.53. The largest absolute Gasteiger partial charge is 0.490 e. The molecule has 5 heteroatoms. The predicted octanol–water partition coefficient (Wildman–Crippen LogP) is 1.83. The van der Waals surface area contributed by atoms with Crippen molar-refractivity contribution >= 4 is 11.7 Å².